The number of aryl methyl sites for hydroxylation is 1. The van der Waals surface area contributed by atoms with Gasteiger partial charge in [-0.1, -0.05) is 18.2 Å². The number of ether oxygens (including phenoxy) is 1. The third-order valence-electron chi connectivity index (χ3n) is 5.65. The van der Waals surface area contributed by atoms with E-state index in [4.69, 9.17) is 4.74 Å². The van der Waals surface area contributed by atoms with E-state index in [9.17, 15) is 4.79 Å². The first-order valence-electron chi connectivity index (χ1n) is 9.72. The summed E-state index contributed by atoms with van der Waals surface area (Å²) in [5, 5.41) is 5.10. The van der Waals surface area contributed by atoms with Crippen LogP contribution in [-0.2, 0) is 11.2 Å². The molecule has 1 aliphatic carbocycles. The largest absolute Gasteiger partial charge is 0.497 e. The van der Waals surface area contributed by atoms with Gasteiger partial charge in [0.15, 0.2) is 0 Å². The highest BCUT2D eigenvalue weighted by Crippen LogP contribution is 2.36. The molecule has 1 amide bonds. The summed E-state index contributed by atoms with van der Waals surface area (Å²) in [6, 6.07) is 16.2. The lowest BCUT2D eigenvalue weighted by Gasteiger charge is -2.13. The van der Waals surface area contributed by atoms with Gasteiger partial charge in [-0.3, -0.25) is 4.79 Å². The van der Waals surface area contributed by atoms with Crippen molar-refractivity contribution in [3.8, 4) is 16.9 Å². The smallest absolute Gasteiger partial charge is 0.233 e. The number of anilines is 1. The van der Waals surface area contributed by atoms with Crippen molar-refractivity contribution in [3.63, 3.8) is 0 Å². The molecule has 144 valence electrons. The fourth-order valence-electron chi connectivity index (χ4n) is 4.10. The molecule has 5 nitrogen and oxygen atoms in total. The molecule has 0 bridgehead atoms. The monoisotopic (exact) mass is 383 g/mol. The maximum atomic E-state index is 12.9. The number of aromatic nitrogens is 2. The lowest BCUT2D eigenvalue weighted by atomic mass is 10.0. The Kier molecular flexibility index (Phi) is 4.28. The van der Waals surface area contributed by atoms with Crippen LogP contribution in [0.5, 0.6) is 5.75 Å². The number of nitrogens with zero attached hydrogens (tertiary/aromatic N) is 1. The van der Waals surface area contributed by atoms with Crippen molar-refractivity contribution in [2.45, 2.75) is 18.8 Å². The third-order valence-corrected chi connectivity index (χ3v) is 5.65. The second-order valence-corrected chi connectivity index (χ2v) is 7.38. The summed E-state index contributed by atoms with van der Waals surface area (Å²) < 4.78 is 5.30. The van der Waals surface area contributed by atoms with Gasteiger partial charge in [0.2, 0.25) is 5.91 Å². The van der Waals surface area contributed by atoms with Crippen LogP contribution in [0.25, 0.3) is 21.9 Å². The Hall–Kier alpha value is -3.60. The molecule has 2 aromatic heterocycles. The lowest BCUT2D eigenvalue weighted by molar-refractivity contribution is -0.117. The van der Waals surface area contributed by atoms with Crippen LogP contribution in [0.4, 0.5) is 5.82 Å². The summed E-state index contributed by atoms with van der Waals surface area (Å²) in [5.41, 5.74) is 4.53. The van der Waals surface area contributed by atoms with Crippen molar-refractivity contribution >= 4 is 22.5 Å². The second kappa shape index (κ2) is 7.09. The standard InChI is InChI=1S/C24H21N3O2/c1-29-20-5-7-21-16(11-20)4-6-22(21)24(28)27-23-12-19-10-15(18-8-9-25-13-18)2-3-17(19)14-26-23/h2-3,5,7-14,22,25H,4,6H2,1H3,(H,26,27,28)/t22-/m0/s1. The highest BCUT2D eigenvalue weighted by molar-refractivity contribution is 5.98. The first kappa shape index (κ1) is 17.5. The average Bonchev–Trinajstić information content (AvgIpc) is 3.42. The number of carbonyl (C=O) groups is 1. The van der Waals surface area contributed by atoms with Gasteiger partial charge in [-0.15, -0.1) is 0 Å². The summed E-state index contributed by atoms with van der Waals surface area (Å²) >= 11 is 0. The van der Waals surface area contributed by atoms with Gasteiger partial charge in [-0.25, -0.2) is 4.98 Å². The van der Waals surface area contributed by atoms with E-state index in [2.05, 4.69) is 33.5 Å². The fraction of sp³-hybridized carbons (Fsp3) is 0.167. The molecule has 2 heterocycles. The van der Waals surface area contributed by atoms with Crippen LogP contribution in [0.15, 0.2) is 67.1 Å². The Morgan fingerprint density at radius 2 is 2.03 bits per heavy atom. The summed E-state index contributed by atoms with van der Waals surface area (Å²) in [7, 11) is 1.66. The number of aromatic amines is 1. The van der Waals surface area contributed by atoms with Crippen molar-refractivity contribution in [2.24, 2.45) is 0 Å². The third kappa shape index (κ3) is 3.25. The van der Waals surface area contributed by atoms with Gasteiger partial charge in [0, 0.05) is 24.0 Å². The molecule has 0 spiro atoms. The molecule has 0 saturated heterocycles. The first-order valence-corrected chi connectivity index (χ1v) is 9.72. The number of rotatable bonds is 4. The number of fused-ring (bicyclic) bond motifs is 2. The molecule has 5 heteroatoms. The molecule has 0 aliphatic heterocycles. The molecule has 1 aliphatic rings. The molecule has 0 radical (unpaired) electrons. The summed E-state index contributed by atoms with van der Waals surface area (Å²) in [6.07, 6.45) is 7.37. The first-order chi connectivity index (χ1) is 14.2. The number of methoxy groups -OCH3 is 1. The summed E-state index contributed by atoms with van der Waals surface area (Å²) in [4.78, 5) is 20.5. The molecule has 0 fully saturated rings. The van der Waals surface area contributed by atoms with Gasteiger partial charge >= 0.3 is 0 Å². The van der Waals surface area contributed by atoms with E-state index in [-0.39, 0.29) is 11.8 Å². The Morgan fingerprint density at radius 3 is 2.86 bits per heavy atom. The number of pyridine rings is 1. The SMILES string of the molecule is COc1ccc2c(c1)CC[C@@H]2C(=O)Nc1cc2cc(-c3cc[nH]c3)ccc2cn1. The van der Waals surface area contributed by atoms with Crippen molar-refractivity contribution in [1.82, 2.24) is 9.97 Å². The van der Waals surface area contributed by atoms with Gasteiger partial charge in [-0.05, 0) is 70.8 Å². The van der Waals surface area contributed by atoms with Crippen LogP contribution in [0.3, 0.4) is 0 Å². The quantitative estimate of drug-likeness (QED) is 0.526. The number of H-pyrrole nitrogens is 1. The number of benzene rings is 2. The maximum absolute atomic E-state index is 12.9. The fourth-order valence-corrected chi connectivity index (χ4v) is 4.10. The number of hydrogen-bond acceptors (Lipinski definition) is 3. The molecule has 2 aromatic carbocycles. The van der Waals surface area contributed by atoms with E-state index in [1.54, 1.807) is 13.3 Å². The van der Waals surface area contributed by atoms with Crippen LogP contribution in [0.1, 0.15) is 23.5 Å². The van der Waals surface area contributed by atoms with Crippen LogP contribution < -0.4 is 10.1 Å². The molecular formula is C24H21N3O2. The van der Waals surface area contributed by atoms with Crippen molar-refractivity contribution in [3.05, 3.63) is 78.2 Å². The minimum Gasteiger partial charge on any atom is -0.497 e. The Labute approximate surface area is 168 Å². The van der Waals surface area contributed by atoms with Crippen molar-refractivity contribution in [1.29, 1.82) is 0 Å². The molecule has 0 saturated carbocycles. The average molecular weight is 383 g/mol. The Balaban J connectivity index is 1.40. The molecule has 4 aromatic rings. The number of carbonyl (C=O) groups excluding carboxylic acids is 1. The Morgan fingerprint density at radius 1 is 1.10 bits per heavy atom. The summed E-state index contributed by atoms with van der Waals surface area (Å²) in [5.74, 6) is 1.25. The van der Waals surface area contributed by atoms with E-state index < -0.39 is 0 Å². The minimum absolute atomic E-state index is 0.0115. The normalized spacial score (nSPS) is 15.3. The highest BCUT2D eigenvalue weighted by atomic mass is 16.5. The van der Waals surface area contributed by atoms with E-state index in [0.29, 0.717) is 5.82 Å². The minimum atomic E-state index is -0.153. The van der Waals surface area contributed by atoms with Gasteiger partial charge < -0.3 is 15.0 Å². The van der Waals surface area contributed by atoms with Crippen LogP contribution in [0, 0.1) is 0 Å². The zero-order valence-electron chi connectivity index (χ0n) is 16.1. The Bertz CT molecular complexity index is 1200. The molecular weight excluding hydrogens is 362 g/mol. The number of hydrogen-bond donors (Lipinski definition) is 2. The predicted molar refractivity (Wildman–Crippen MR) is 114 cm³/mol. The number of amides is 1. The molecule has 2 N–H and O–H groups in total. The van der Waals surface area contributed by atoms with Crippen LogP contribution in [-0.4, -0.2) is 23.0 Å². The summed E-state index contributed by atoms with van der Waals surface area (Å²) in [6.45, 7) is 0. The molecule has 0 unspecified atom stereocenters. The maximum Gasteiger partial charge on any atom is 0.233 e. The molecule has 5 rings (SSSR count). The van der Waals surface area contributed by atoms with Crippen LogP contribution in [0.2, 0.25) is 0 Å². The zero-order chi connectivity index (χ0) is 19.8. The van der Waals surface area contributed by atoms with Crippen LogP contribution >= 0.6 is 0 Å². The van der Waals surface area contributed by atoms with E-state index in [1.165, 1.54) is 5.56 Å². The highest BCUT2D eigenvalue weighted by Gasteiger charge is 2.29. The van der Waals surface area contributed by atoms with Gasteiger partial charge in [-0.2, -0.15) is 0 Å². The van der Waals surface area contributed by atoms with Gasteiger partial charge in [0.05, 0.1) is 13.0 Å². The second-order valence-electron chi connectivity index (χ2n) is 7.38. The van der Waals surface area contributed by atoms with E-state index in [0.717, 1.165) is 46.1 Å². The lowest BCUT2D eigenvalue weighted by Crippen LogP contribution is -2.20. The zero-order valence-corrected chi connectivity index (χ0v) is 16.1. The number of nitrogens with one attached hydrogen (secondary N) is 2. The van der Waals surface area contributed by atoms with Gasteiger partial charge in [0.25, 0.3) is 0 Å². The van der Waals surface area contributed by atoms with E-state index in [1.807, 2.05) is 42.7 Å². The van der Waals surface area contributed by atoms with E-state index >= 15 is 0 Å². The van der Waals surface area contributed by atoms with Crippen molar-refractivity contribution < 1.29 is 9.53 Å². The predicted octanol–water partition coefficient (Wildman–Crippen LogP) is 4.91. The molecule has 29 heavy (non-hydrogen) atoms. The topological polar surface area (TPSA) is 67.0 Å². The molecule has 1 atom stereocenters. The van der Waals surface area contributed by atoms with Crippen molar-refractivity contribution in [2.75, 3.05) is 12.4 Å². The van der Waals surface area contributed by atoms with Gasteiger partial charge in [0.1, 0.15) is 11.6 Å².